The van der Waals surface area contributed by atoms with Crippen LogP contribution in [0.4, 0.5) is 11.6 Å². The molecule has 0 spiro atoms. The van der Waals surface area contributed by atoms with Crippen LogP contribution < -0.4 is 9.80 Å². The van der Waals surface area contributed by atoms with E-state index in [4.69, 9.17) is 23.2 Å². The van der Waals surface area contributed by atoms with E-state index in [2.05, 4.69) is 30.0 Å². The summed E-state index contributed by atoms with van der Waals surface area (Å²) in [5.74, 6) is 1.69. The van der Waals surface area contributed by atoms with Crippen LogP contribution in [0.25, 0.3) is 5.65 Å². The van der Waals surface area contributed by atoms with E-state index >= 15 is 0 Å². The molecule has 2 atom stereocenters. The molecular weight excluding hydrogens is 349 g/mol. The second-order valence-corrected chi connectivity index (χ2v) is 6.96. The van der Waals surface area contributed by atoms with Crippen molar-refractivity contribution < 1.29 is 0 Å². The lowest BCUT2D eigenvalue weighted by atomic mass is 10.2. The summed E-state index contributed by atoms with van der Waals surface area (Å²) in [7, 11) is 0. The fourth-order valence-corrected chi connectivity index (χ4v) is 4.24. The molecule has 3 aromatic rings. The maximum atomic E-state index is 6.33. The molecule has 5 rings (SSSR count). The van der Waals surface area contributed by atoms with E-state index in [1.165, 1.54) is 0 Å². The molecule has 2 unspecified atom stereocenters. The highest BCUT2D eigenvalue weighted by molar-refractivity contribution is 6.36. The van der Waals surface area contributed by atoms with E-state index in [0.717, 1.165) is 36.8 Å². The van der Waals surface area contributed by atoms with Crippen molar-refractivity contribution in [3.8, 4) is 0 Å². The Bertz CT molecular complexity index is 927. The molecule has 2 bridgehead atoms. The first kappa shape index (κ1) is 14.2. The molecule has 7 nitrogen and oxygen atoms in total. The fraction of sp³-hybridized carbons (Fsp3) is 0.333. The minimum absolute atomic E-state index is 0.353. The Labute approximate surface area is 147 Å². The van der Waals surface area contributed by atoms with Crippen LogP contribution in [0.1, 0.15) is 6.42 Å². The zero-order valence-electron chi connectivity index (χ0n) is 12.5. The summed E-state index contributed by atoms with van der Waals surface area (Å²) in [5, 5.41) is 9.32. The van der Waals surface area contributed by atoms with Crippen LogP contribution in [-0.2, 0) is 0 Å². The number of piperazine rings is 1. The topological polar surface area (TPSA) is 62.5 Å². The van der Waals surface area contributed by atoms with E-state index in [9.17, 15) is 0 Å². The first-order valence-corrected chi connectivity index (χ1v) is 8.45. The molecule has 0 radical (unpaired) electrons. The molecule has 2 saturated heterocycles. The van der Waals surface area contributed by atoms with Crippen molar-refractivity contribution in [3.05, 3.63) is 41.0 Å². The van der Waals surface area contributed by atoms with Gasteiger partial charge < -0.3 is 9.80 Å². The summed E-state index contributed by atoms with van der Waals surface area (Å²) < 4.78 is 1.89. The molecule has 5 heterocycles. The molecule has 0 aliphatic carbocycles. The standard InChI is InChI=1S/C15H13Cl2N7/c16-9-3-12(17)13(19-5-9)23-6-11-4-10(23)7-24(11)14-15-21-20-8-22(15)2-1-18-14/h1-3,5,8,10-11H,4,6-7H2. The van der Waals surface area contributed by atoms with Crippen molar-refractivity contribution in [1.82, 2.24) is 24.6 Å². The van der Waals surface area contributed by atoms with Gasteiger partial charge in [0, 0.05) is 31.7 Å². The van der Waals surface area contributed by atoms with Gasteiger partial charge in [-0.1, -0.05) is 23.2 Å². The summed E-state index contributed by atoms with van der Waals surface area (Å²) in [4.78, 5) is 13.5. The molecule has 3 aromatic heterocycles. The summed E-state index contributed by atoms with van der Waals surface area (Å²) in [6.07, 6.45) is 8.03. The first-order valence-electron chi connectivity index (χ1n) is 7.69. The Morgan fingerprint density at radius 1 is 1.04 bits per heavy atom. The number of hydrogen-bond acceptors (Lipinski definition) is 6. The van der Waals surface area contributed by atoms with Gasteiger partial charge in [0.1, 0.15) is 12.1 Å². The molecule has 122 valence electrons. The fourth-order valence-electron chi connectivity index (χ4n) is 3.75. The van der Waals surface area contributed by atoms with Crippen LogP contribution in [0.15, 0.2) is 31.0 Å². The van der Waals surface area contributed by atoms with E-state index in [0.29, 0.717) is 22.1 Å². The molecule has 2 aliphatic heterocycles. The third-order valence-electron chi connectivity index (χ3n) is 4.77. The van der Waals surface area contributed by atoms with Crippen LogP contribution in [0.3, 0.4) is 0 Å². The van der Waals surface area contributed by atoms with Crippen molar-refractivity contribution in [2.75, 3.05) is 22.9 Å². The van der Waals surface area contributed by atoms with Crippen molar-refractivity contribution in [1.29, 1.82) is 0 Å². The zero-order chi connectivity index (χ0) is 16.3. The quantitative estimate of drug-likeness (QED) is 0.697. The average Bonchev–Trinajstić information content (AvgIpc) is 3.29. The number of nitrogens with zero attached hydrogens (tertiary/aromatic N) is 7. The minimum Gasteiger partial charge on any atom is -0.348 e. The van der Waals surface area contributed by atoms with Gasteiger partial charge in [-0.05, 0) is 12.5 Å². The number of anilines is 2. The second kappa shape index (κ2) is 5.19. The molecule has 0 aromatic carbocycles. The predicted molar refractivity (Wildman–Crippen MR) is 91.9 cm³/mol. The number of aromatic nitrogens is 5. The van der Waals surface area contributed by atoms with E-state index in [1.54, 1.807) is 24.8 Å². The van der Waals surface area contributed by atoms with Crippen molar-refractivity contribution in [3.63, 3.8) is 0 Å². The Kier molecular flexibility index (Phi) is 3.08. The predicted octanol–water partition coefficient (Wildman–Crippen LogP) is 2.29. The van der Waals surface area contributed by atoms with E-state index in [-0.39, 0.29) is 0 Å². The van der Waals surface area contributed by atoms with Gasteiger partial charge >= 0.3 is 0 Å². The molecule has 9 heteroatoms. The average molecular weight is 362 g/mol. The van der Waals surface area contributed by atoms with Gasteiger partial charge in [-0.15, -0.1) is 10.2 Å². The SMILES string of the molecule is Clc1cnc(N2CC3CC2CN3c2nccn3cnnc23)c(Cl)c1. The maximum Gasteiger partial charge on any atom is 0.203 e. The lowest BCUT2D eigenvalue weighted by Gasteiger charge is -2.35. The van der Waals surface area contributed by atoms with Gasteiger partial charge in [-0.25, -0.2) is 9.97 Å². The lowest BCUT2D eigenvalue weighted by molar-refractivity contribution is 0.635. The van der Waals surface area contributed by atoms with Gasteiger partial charge in [-0.2, -0.15) is 0 Å². The summed E-state index contributed by atoms with van der Waals surface area (Å²) >= 11 is 12.3. The van der Waals surface area contributed by atoms with Crippen molar-refractivity contribution in [2.45, 2.75) is 18.5 Å². The third-order valence-corrected chi connectivity index (χ3v) is 5.26. The number of hydrogen-bond donors (Lipinski definition) is 0. The minimum atomic E-state index is 0.353. The maximum absolute atomic E-state index is 6.33. The highest BCUT2D eigenvalue weighted by Crippen LogP contribution is 2.39. The normalized spacial score (nSPS) is 22.8. The van der Waals surface area contributed by atoms with Gasteiger partial charge in [0.25, 0.3) is 0 Å². The monoisotopic (exact) mass is 361 g/mol. The number of halogens is 2. The Hall–Kier alpha value is -2.12. The van der Waals surface area contributed by atoms with Gasteiger partial charge in [0.05, 0.1) is 22.1 Å². The van der Waals surface area contributed by atoms with E-state index < -0.39 is 0 Å². The molecule has 0 amide bonds. The first-order chi connectivity index (χ1) is 11.7. The second-order valence-electron chi connectivity index (χ2n) is 6.12. The Morgan fingerprint density at radius 3 is 2.58 bits per heavy atom. The van der Waals surface area contributed by atoms with Gasteiger partial charge in [0.15, 0.2) is 5.82 Å². The highest BCUT2D eigenvalue weighted by atomic mass is 35.5. The summed E-state index contributed by atoms with van der Waals surface area (Å²) in [5.41, 5.74) is 0.791. The van der Waals surface area contributed by atoms with Crippen LogP contribution in [-0.4, -0.2) is 49.7 Å². The molecule has 2 fully saturated rings. The van der Waals surface area contributed by atoms with Crippen LogP contribution in [0.5, 0.6) is 0 Å². The number of fused-ring (bicyclic) bond motifs is 3. The molecular formula is C15H13Cl2N7. The highest BCUT2D eigenvalue weighted by Gasteiger charge is 2.45. The van der Waals surface area contributed by atoms with Crippen molar-refractivity contribution in [2.24, 2.45) is 0 Å². The molecule has 24 heavy (non-hydrogen) atoms. The van der Waals surface area contributed by atoms with Gasteiger partial charge in [-0.3, -0.25) is 4.40 Å². The third kappa shape index (κ3) is 2.04. The largest absolute Gasteiger partial charge is 0.348 e. The Morgan fingerprint density at radius 2 is 1.83 bits per heavy atom. The zero-order valence-corrected chi connectivity index (χ0v) is 14.1. The molecule has 0 saturated carbocycles. The smallest absolute Gasteiger partial charge is 0.203 e. The molecule has 0 N–H and O–H groups in total. The van der Waals surface area contributed by atoms with Crippen LogP contribution >= 0.6 is 23.2 Å². The lowest BCUT2D eigenvalue weighted by Crippen LogP contribution is -2.47. The van der Waals surface area contributed by atoms with Gasteiger partial charge in [0.2, 0.25) is 5.65 Å². The summed E-state index contributed by atoms with van der Waals surface area (Å²) in [6, 6.07) is 2.46. The number of rotatable bonds is 2. The Balaban J connectivity index is 1.45. The molecule has 2 aliphatic rings. The van der Waals surface area contributed by atoms with Crippen molar-refractivity contribution >= 4 is 40.5 Å². The van der Waals surface area contributed by atoms with Crippen LogP contribution in [0.2, 0.25) is 10.0 Å². The summed E-state index contributed by atoms with van der Waals surface area (Å²) in [6.45, 7) is 1.72. The van der Waals surface area contributed by atoms with E-state index in [1.807, 2.05) is 10.6 Å². The van der Waals surface area contributed by atoms with Crippen LogP contribution in [0, 0.1) is 0 Å². The number of pyridine rings is 1.